The summed E-state index contributed by atoms with van der Waals surface area (Å²) in [5.41, 5.74) is 0.133. The van der Waals surface area contributed by atoms with E-state index in [1.165, 1.54) is 23.5 Å². The SMILES string of the molecule is O=C(COC(=O)c1cc(Br)ccc1Cl)NC(=O)c1cccs1. The number of thiophene rings is 1. The van der Waals surface area contributed by atoms with Crippen LogP contribution in [0.1, 0.15) is 20.0 Å². The molecule has 22 heavy (non-hydrogen) atoms. The molecule has 0 spiro atoms. The maximum atomic E-state index is 11.8. The Bertz CT molecular complexity index is 718. The average molecular weight is 403 g/mol. The van der Waals surface area contributed by atoms with Gasteiger partial charge in [0.25, 0.3) is 11.8 Å². The molecule has 0 bridgehead atoms. The Morgan fingerprint density at radius 2 is 2.05 bits per heavy atom. The Morgan fingerprint density at radius 1 is 1.27 bits per heavy atom. The maximum absolute atomic E-state index is 11.8. The summed E-state index contributed by atoms with van der Waals surface area (Å²) >= 11 is 10.3. The Kier molecular flexibility index (Phi) is 5.70. The van der Waals surface area contributed by atoms with Crippen molar-refractivity contribution in [3.05, 3.63) is 55.6 Å². The molecule has 0 saturated carbocycles. The van der Waals surface area contributed by atoms with Crippen molar-refractivity contribution in [2.45, 2.75) is 0 Å². The van der Waals surface area contributed by atoms with E-state index in [2.05, 4.69) is 21.2 Å². The van der Waals surface area contributed by atoms with Gasteiger partial charge in [0.2, 0.25) is 0 Å². The van der Waals surface area contributed by atoms with Crippen LogP contribution in [0.2, 0.25) is 5.02 Å². The van der Waals surface area contributed by atoms with E-state index in [1.807, 2.05) is 0 Å². The summed E-state index contributed by atoms with van der Waals surface area (Å²) < 4.78 is 5.49. The van der Waals surface area contributed by atoms with Crippen LogP contribution in [0.15, 0.2) is 40.2 Å². The summed E-state index contributed by atoms with van der Waals surface area (Å²) in [7, 11) is 0. The molecule has 0 saturated heterocycles. The first-order chi connectivity index (χ1) is 10.5. The predicted molar refractivity (Wildman–Crippen MR) is 86.2 cm³/mol. The number of ether oxygens (including phenoxy) is 1. The zero-order chi connectivity index (χ0) is 16.1. The number of rotatable bonds is 4. The van der Waals surface area contributed by atoms with E-state index in [0.717, 1.165) is 0 Å². The van der Waals surface area contributed by atoms with E-state index in [1.54, 1.807) is 23.6 Å². The Hall–Kier alpha value is -1.70. The second kappa shape index (κ2) is 7.53. The van der Waals surface area contributed by atoms with Crippen molar-refractivity contribution in [1.82, 2.24) is 5.32 Å². The molecule has 1 N–H and O–H groups in total. The van der Waals surface area contributed by atoms with Crippen molar-refractivity contribution >= 4 is 56.7 Å². The lowest BCUT2D eigenvalue weighted by Gasteiger charge is -2.06. The van der Waals surface area contributed by atoms with Crippen LogP contribution >= 0.6 is 38.9 Å². The van der Waals surface area contributed by atoms with Gasteiger partial charge in [0.1, 0.15) is 0 Å². The number of esters is 1. The van der Waals surface area contributed by atoms with E-state index in [4.69, 9.17) is 16.3 Å². The van der Waals surface area contributed by atoms with Crippen molar-refractivity contribution in [1.29, 1.82) is 0 Å². The molecule has 0 atom stereocenters. The van der Waals surface area contributed by atoms with Gasteiger partial charge in [-0.1, -0.05) is 33.6 Å². The van der Waals surface area contributed by atoms with Gasteiger partial charge in [-0.3, -0.25) is 14.9 Å². The maximum Gasteiger partial charge on any atom is 0.340 e. The number of nitrogens with one attached hydrogen (secondary N) is 1. The highest BCUT2D eigenvalue weighted by Crippen LogP contribution is 2.21. The minimum absolute atomic E-state index is 0.133. The minimum atomic E-state index is -0.745. The highest BCUT2D eigenvalue weighted by Gasteiger charge is 2.16. The summed E-state index contributed by atoms with van der Waals surface area (Å²) in [4.78, 5) is 35.5. The zero-order valence-electron chi connectivity index (χ0n) is 11.0. The number of amides is 2. The van der Waals surface area contributed by atoms with Crippen molar-refractivity contribution < 1.29 is 19.1 Å². The lowest BCUT2D eigenvalue weighted by molar-refractivity contribution is -0.123. The molecule has 0 aliphatic heterocycles. The van der Waals surface area contributed by atoms with Crippen LogP contribution in [0.25, 0.3) is 0 Å². The molecule has 5 nitrogen and oxygen atoms in total. The van der Waals surface area contributed by atoms with Gasteiger partial charge in [-0.2, -0.15) is 0 Å². The Labute approximate surface area is 143 Å². The number of hydrogen-bond acceptors (Lipinski definition) is 5. The molecular formula is C14H9BrClNO4S. The number of halogens is 2. The van der Waals surface area contributed by atoms with Crippen molar-refractivity contribution in [2.75, 3.05) is 6.61 Å². The molecule has 0 aliphatic carbocycles. The second-order valence-electron chi connectivity index (χ2n) is 4.05. The smallest absolute Gasteiger partial charge is 0.340 e. The first-order valence-corrected chi connectivity index (χ1v) is 8.02. The molecule has 0 aliphatic rings. The van der Waals surface area contributed by atoms with Crippen molar-refractivity contribution in [3.63, 3.8) is 0 Å². The molecule has 1 aromatic heterocycles. The summed E-state index contributed by atoms with van der Waals surface area (Å²) in [6, 6.07) is 7.97. The number of carbonyl (C=O) groups is 3. The normalized spacial score (nSPS) is 10.1. The highest BCUT2D eigenvalue weighted by molar-refractivity contribution is 9.10. The van der Waals surface area contributed by atoms with Crippen LogP contribution in [0, 0.1) is 0 Å². The number of hydrogen-bond donors (Lipinski definition) is 1. The molecule has 2 amide bonds. The molecule has 114 valence electrons. The van der Waals surface area contributed by atoms with Gasteiger partial charge >= 0.3 is 5.97 Å². The van der Waals surface area contributed by atoms with Crippen LogP contribution in [-0.4, -0.2) is 24.4 Å². The average Bonchev–Trinajstić information content (AvgIpc) is 3.01. The summed E-state index contributed by atoms with van der Waals surface area (Å²) in [5.74, 6) is -1.99. The molecule has 8 heteroatoms. The fourth-order valence-electron chi connectivity index (χ4n) is 1.49. The fraction of sp³-hybridized carbons (Fsp3) is 0.0714. The Morgan fingerprint density at radius 3 is 2.73 bits per heavy atom. The molecule has 2 rings (SSSR count). The standard InChI is InChI=1S/C14H9BrClNO4S/c15-8-3-4-10(16)9(6-8)14(20)21-7-12(18)17-13(19)11-2-1-5-22-11/h1-6H,7H2,(H,17,18,19). The lowest BCUT2D eigenvalue weighted by atomic mass is 10.2. The first-order valence-electron chi connectivity index (χ1n) is 5.97. The van der Waals surface area contributed by atoms with Gasteiger partial charge in [0, 0.05) is 4.47 Å². The molecule has 0 radical (unpaired) electrons. The quantitative estimate of drug-likeness (QED) is 0.797. The van der Waals surface area contributed by atoms with Gasteiger partial charge in [-0.25, -0.2) is 4.79 Å². The van der Waals surface area contributed by atoms with Crippen LogP contribution in [0.3, 0.4) is 0 Å². The van der Waals surface area contributed by atoms with Crippen molar-refractivity contribution in [3.8, 4) is 0 Å². The van der Waals surface area contributed by atoms with Gasteiger partial charge in [-0.15, -0.1) is 11.3 Å². The van der Waals surface area contributed by atoms with Gasteiger partial charge in [0.05, 0.1) is 15.5 Å². The van der Waals surface area contributed by atoms with E-state index >= 15 is 0 Å². The van der Waals surface area contributed by atoms with Crippen LogP contribution in [-0.2, 0) is 9.53 Å². The lowest BCUT2D eigenvalue weighted by Crippen LogP contribution is -2.33. The van der Waals surface area contributed by atoms with Crippen LogP contribution in [0.4, 0.5) is 0 Å². The summed E-state index contributed by atoms with van der Waals surface area (Å²) in [5, 5.41) is 4.06. The van der Waals surface area contributed by atoms with Crippen LogP contribution in [0.5, 0.6) is 0 Å². The third-order valence-electron chi connectivity index (χ3n) is 2.48. The predicted octanol–water partition coefficient (Wildman–Crippen LogP) is 3.28. The number of carbonyl (C=O) groups excluding carboxylic acids is 3. The largest absolute Gasteiger partial charge is 0.452 e. The summed E-state index contributed by atoms with van der Waals surface area (Å²) in [6.07, 6.45) is 0. The monoisotopic (exact) mass is 401 g/mol. The first kappa shape index (κ1) is 16.7. The third kappa shape index (κ3) is 4.40. The Balaban J connectivity index is 1.89. The van der Waals surface area contributed by atoms with Crippen LogP contribution < -0.4 is 5.32 Å². The van der Waals surface area contributed by atoms with E-state index in [-0.39, 0.29) is 10.6 Å². The molecule has 0 unspecified atom stereocenters. The molecule has 1 aromatic carbocycles. The highest BCUT2D eigenvalue weighted by atomic mass is 79.9. The van der Waals surface area contributed by atoms with Gasteiger partial charge < -0.3 is 4.74 Å². The van der Waals surface area contributed by atoms with E-state index in [9.17, 15) is 14.4 Å². The molecule has 0 fully saturated rings. The van der Waals surface area contributed by atoms with E-state index < -0.39 is 24.4 Å². The molecule has 1 heterocycles. The topological polar surface area (TPSA) is 72.5 Å². The molecule has 2 aromatic rings. The van der Waals surface area contributed by atoms with Crippen molar-refractivity contribution in [2.24, 2.45) is 0 Å². The minimum Gasteiger partial charge on any atom is -0.452 e. The van der Waals surface area contributed by atoms with Gasteiger partial charge in [0.15, 0.2) is 6.61 Å². The number of imide groups is 1. The van der Waals surface area contributed by atoms with Gasteiger partial charge in [-0.05, 0) is 29.6 Å². The van der Waals surface area contributed by atoms with E-state index in [0.29, 0.717) is 9.35 Å². The third-order valence-corrected chi connectivity index (χ3v) is 4.17. The zero-order valence-corrected chi connectivity index (χ0v) is 14.1. The summed E-state index contributed by atoms with van der Waals surface area (Å²) in [6.45, 7) is -0.571. The molecular weight excluding hydrogens is 394 g/mol. The second-order valence-corrected chi connectivity index (χ2v) is 6.33. The number of benzene rings is 1. The fourth-order valence-corrected chi connectivity index (χ4v) is 2.67.